The summed E-state index contributed by atoms with van der Waals surface area (Å²) in [6, 6.07) is 18.8. The zero-order valence-corrected chi connectivity index (χ0v) is 19.9. The van der Waals surface area contributed by atoms with Crippen LogP contribution in [0.3, 0.4) is 0 Å². The monoisotopic (exact) mass is 518 g/mol. The number of aliphatic hydroxyl groups excluding tert-OH is 1. The average Bonchev–Trinajstić information content (AvgIpc) is 3.38. The van der Waals surface area contributed by atoms with E-state index in [-0.39, 0.29) is 17.2 Å². The molecule has 5 rings (SSSR count). The fraction of sp³-hybridized carbons (Fsp3) is 0.115. The Morgan fingerprint density at radius 2 is 1.82 bits per heavy atom. The molecule has 1 saturated heterocycles. The predicted octanol–water partition coefficient (Wildman–Crippen LogP) is 5.53. The molecule has 1 aliphatic heterocycles. The molecule has 4 aromatic rings. The third-order valence-electron chi connectivity index (χ3n) is 5.79. The van der Waals surface area contributed by atoms with Gasteiger partial charge in [-0.3, -0.25) is 14.5 Å². The summed E-state index contributed by atoms with van der Waals surface area (Å²) >= 11 is 3.45. The number of carbonyl (C=O) groups is 2. The third kappa shape index (κ3) is 3.66. The number of nitrogens with zero attached hydrogens (tertiary/aromatic N) is 2. The highest BCUT2D eigenvalue weighted by Gasteiger charge is 2.48. The normalized spacial score (nSPS) is 17.5. The molecule has 0 aliphatic carbocycles. The van der Waals surface area contributed by atoms with Gasteiger partial charge in [-0.25, -0.2) is 0 Å². The number of hydrogen-bond acceptors (Lipinski definition) is 6. The molecule has 1 aliphatic rings. The number of aromatic nitrogens is 1. The van der Waals surface area contributed by atoms with E-state index >= 15 is 0 Å². The van der Waals surface area contributed by atoms with Crippen LogP contribution in [0.2, 0.25) is 0 Å². The first-order valence-corrected chi connectivity index (χ1v) is 11.2. The number of ether oxygens (including phenoxy) is 1. The highest BCUT2D eigenvalue weighted by atomic mass is 79.9. The van der Waals surface area contributed by atoms with Gasteiger partial charge >= 0.3 is 5.91 Å². The molecule has 1 N–H and O–H groups in total. The minimum absolute atomic E-state index is 0.0170. The van der Waals surface area contributed by atoms with Crippen molar-refractivity contribution in [3.05, 3.63) is 93.7 Å². The molecule has 34 heavy (non-hydrogen) atoms. The Morgan fingerprint density at radius 3 is 2.53 bits per heavy atom. The highest BCUT2D eigenvalue weighted by Crippen LogP contribution is 2.42. The van der Waals surface area contributed by atoms with Crippen molar-refractivity contribution in [3.8, 4) is 5.75 Å². The second-order valence-corrected chi connectivity index (χ2v) is 8.86. The van der Waals surface area contributed by atoms with Gasteiger partial charge in [-0.15, -0.1) is 0 Å². The fourth-order valence-electron chi connectivity index (χ4n) is 4.18. The smallest absolute Gasteiger partial charge is 0.301 e. The molecule has 1 fully saturated rings. The largest absolute Gasteiger partial charge is 0.507 e. The molecular weight excluding hydrogens is 500 g/mol. The standard InChI is InChI=1S/C26H19BrN2O5/c1-14-10-21(28-34-14)29-23(17-4-3-5-19(27)12-17)22(25(31)26(29)32)24(30)18-7-6-16-13-20(33-2)9-8-15(16)11-18/h3-13,23,30H,1-2H3/b24-22+. The van der Waals surface area contributed by atoms with Crippen molar-refractivity contribution in [2.24, 2.45) is 0 Å². The molecule has 170 valence electrons. The van der Waals surface area contributed by atoms with Crippen LogP contribution >= 0.6 is 15.9 Å². The van der Waals surface area contributed by atoms with Gasteiger partial charge in [0, 0.05) is 16.1 Å². The van der Waals surface area contributed by atoms with Gasteiger partial charge in [0.1, 0.15) is 17.3 Å². The molecule has 1 amide bonds. The van der Waals surface area contributed by atoms with Crippen molar-refractivity contribution in [2.75, 3.05) is 12.0 Å². The van der Waals surface area contributed by atoms with Gasteiger partial charge in [-0.05, 0) is 53.6 Å². The minimum atomic E-state index is -0.881. The summed E-state index contributed by atoms with van der Waals surface area (Å²) in [5, 5.41) is 17.1. The first kappa shape index (κ1) is 21.9. The van der Waals surface area contributed by atoms with Crippen LogP contribution in [0, 0.1) is 6.92 Å². The molecule has 7 nitrogen and oxygen atoms in total. The van der Waals surface area contributed by atoms with E-state index in [1.807, 2.05) is 30.3 Å². The van der Waals surface area contributed by atoms with Crippen molar-refractivity contribution in [1.29, 1.82) is 0 Å². The number of aliphatic hydroxyl groups is 1. The van der Waals surface area contributed by atoms with Gasteiger partial charge in [0.05, 0.1) is 18.7 Å². The van der Waals surface area contributed by atoms with Gasteiger partial charge in [0.2, 0.25) is 0 Å². The van der Waals surface area contributed by atoms with Crippen molar-refractivity contribution in [3.63, 3.8) is 0 Å². The number of anilines is 1. The molecule has 0 bridgehead atoms. The topological polar surface area (TPSA) is 92.9 Å². The number of aryl methyl sites for hydroxylation is 1. The lowest BCUT2D eigenvalue weighted by Gasteiger charge is -2.23. The maximum Gasteiger partial charge on any atom is 0.301 e. The SMILES string of the molecule is COc1ccc2cc(/C(O)=C3\C(=O)C(=O)N(c4cc(C)on4)C3c3cccc(Br)c3)ccc2c1. The van der Waals surface area contributed by atoms with Crippen molar-refractivity contribution < 1.29 is 24.0 Å². The van der Waals surface area contributed by atoms with Crippen LogP contribution in [0.5, 0.6) is 5.75 Å². The molecule has 1 atom stereocenters. The van der Waals surface area contributed by atoms with Gasteiger partial charge < -0.3 is 14.4 Å². The number of hydrogen-bond donors (Lipinski definition) is 1. The lowest BCUT2D eigenvalue weighted by atomic mass is 9.94. The highest BCUT2D eigenvalue weighted by molar-refractivity contribution is 9.10. The lowest BCUT2D eigenvalue weighted by molar-refractivity contribution is -0.132. The summed E-state index contributed by atoms with van der Waals surface area (Å²) in [7, 11) is 1.60. The number of ketones is 1. The lowest BCUT2D eigenvalue weighted by Crippen LogP contribution is -2.29. The van der Waals surface area contributed by atoms with Crippen LogP contribution in [-0.4, -0.2) is 29.1 Å². The summed E-state index contributed by atoms with van der Waals surface area (Å²) in [5.74, 6) is -0.427. The third-order valence-corrected chi connectivity index (χ3v) is 6.29. The Labute approximate surface area is 203 Å². The first-order valence-electron chi connectivity index (χ1n) is 10.5. The Kier molecular flexibility index (Phi) is 5.45. The van der Waals surface area contributed by atoms with Crippen molar-refractivity contribution >= 4 is 50.0 Å². The molecule has 2 heterocycles. The molecule has 0 spiro atoms. The van der Waals surface area contributed by atoms with Gasteiger partial charge in [-0.2, -0.15) is 0 Å². The van der Waals surface area contributed by atoms with Crippen molar-refractivity contribution in [1.82, 2.24) is 5.16 Å². The number of rotatable bonds is 4. The van der Waals surface area contributed by atoms with Crippen LogP contribution in [0.4, 0.5) is 5.82 Å². The van der Waals surface area contributed by atoms with E-state index in [0.29, 0.717) is 22.6 Å². The fourth-order valence-corrected chi connectivity index (χ4v) is 4.60. The number of benzene rings is 3. The summed E-state index contributed by atoms with van der Waals surface area (Å²) in [6.07, 6.45) is 0. The Balaban J connectivity index is 1.70. The van der Waals surface area contributed by atoms with E-state index in [1.54, 1.807) is 50.4 Å². The zero-order valence-electron chi connectivity index (χ0n) is 18.3. The average molecular weight is 519 g/mol. The zero-order chi connectivity index (χ0) is 24.0. The van der Waals surface area contributed by atoms with Gasteiger partial charge in [0.25, 0.3) is 5.78 Å². The second-order valence-electron chi connectivity index (χ2n) is 7.95. The number of carbonyl (C=O) groups excluding carboxylic acids is 2. The first-order chi connectivity index (χ1) is 16.4. The van der Waals surface area contributed by atoms with E-state index in [4.69, 9.17) is 9.26 Å². The van der Waals surface area contributed by atoms with Crippen LogP contribution in [0.25, 0.3) is 16.5 Å². The maximum atomic E-state index is 13.2. The van der Waals surface area contributed by atoms with Gasteiger partial charge in [0.15, 0.2) is 5.82 Å². The van der Waals surface area contributed by atoms with E-state index in [0.717, 1.165) is 15.2 Å². The Morgan fingerprint density at radius 1 is 1.06 bits per heavy atom. The molecule has 1 aromatic heterocycles. The Hall–Kier alpha value is -3.91. The minimum Gasteiger partial charge on any atom is -0.507 e. The number of Topliss-reactive ketones (excluding diaryl/α,β-unsaturated/α-hetero) is 1. The van der Waals surface area contributed by atoms with E-state index in [9.17, 15) is 14.7 Å². The van der Waals surface area contributed by atoms with Crippen LogP contribution in [-0.2, 0) is 9.59 Å². The molecule has 0 radical (unpaired) electrons. The van der Waals surface area contributed by atoms with Crippen LogP contribution < -0.4 is 9.64 Å². The number of amides is 1. The number of methoxy groups -OCH3 is 1. The summed E-state index contributed by atoms with van der Waals surface area (Å²) in [4.78, 5) is 27.6. The quantitative estimate of drug-likeness (QED) is 0.217. The predicted molar refractivity (Wildman–Crippen MR) is 131 cm³/mol. The maximum absolute atomic E-state index is 13.2. The molecule has 0 saturated carbocycles. The summed E-state index contributed by atoms with van der Waals surface area (Å²) in [6.45, 7) is 1.70. The summed E-state index contributed by atoms with van der Waals surface area (Å²) in [5.41, 5.74) is 1.05. The molecule has 1 unspecified atom stereocenters. The van der Waals surface area contributed by atoms with E-state index < -0.39 is 17.7 Å². The number of fused-ring (bicyclic) bond motifs is 1. The van der Waals surface area contributed by atoms with E-state index in [1.165, 1.54) is 4.90 Å². The van der Waals surface area contributed by atoms with Gasteiger partial charge in [-0.1, -0.05) is 51.4 Å². The van der Waals surface area contributed by atoms with Crippen LogP contribution in [0.1, 0.15) is 22.9 Å². The molecule has 3 aromatic carbocycles. The van der Waals surface area contributed by atoms with E-state index in [2.05, 4.69) is 21.1 Å². The molecular formula is C26H19BrN2O5. The number of halogens is 1. The summed E-state index contributed by atoms with van der Waals surface area (Å²) < 4.78 is 11.2. The van der Waals surface area contributed by atoms with Crippen LogP contribution in [0.15, 0.2) is 81.3 Å². The Bertz CT molecular complexity index is 1490. The molecule has 8 heteroatoms. The second kappa shape index (κ2) is 8.46. The van der Waals surface area contributed by atoms with Crippen molar-refractivity contribution in [2.45, 2.75) is 13.0 Å².